The summed E-state index contributed by atoms with van der Waals surface area (Å²) < 4.78 is 3.91. The molecular weight excluding hydrogens is 412 g/mol. The molecule has 2 heterocycles. The predicted molar refractivity (Wildman–Crippen MR) is 128 cm³/mol. The Labute approximate surface area is 192 Å². The summed E-state index contributed by atoms with van der Waals surface area (Å²) in [6, 6.07) is 13.7. The van der Waals surface area contributed by atoms with Crippen LogP contribution in [0.25, 0.3) is 16.6 Å². The molecule has 7 heteroatoms. The Morgan fingerprint density at radius 2 is 1.97 bits per heavy atom. The van der Waals surface area contributed by atoms with Crippen molar-refractivity contribution in [2.75, 3.05) is 5.32 Å². The molecule has 2 aromatic carbocycles. The van der Waals surface area contributed by atoms with E-state index in [2.05, 4.69) is 32.5 Å². The second-order valence-electron chi connectivity index (χ2n) is 8.93. The van der Waals surface area contributed by atoms with E-state index >= 15 is 0 Å². The van der Waals surface area contributed by atoms with Gasteiger partial charge in [-0.2, -0.15) is 15.5 Å². The molecule has 166 valence electrons. The number of hydrogen-bond acceptors (Lipinski definition) is 4. The summed E-state index contributed by atoms with van der Waals surface area (Å²) in [5.41, 5.74) is 4.30. The molecule has 1 saturated carbocycles. The summed E-state index contributed by atoms with van der Waals surface area (Å²) in [4.78, 5) is 13.1. The van der Waals surface area contributed by atoms with Crippen molar-refractivity contribution in [2.24, 2.45) is 0 Å². The molecule has 0 bridgehead atoms. The number of anilines is 1. The molecule has 0 aliphatic heterocycles. The topological polar surface area (TPSA) is 88.5 Å². The van der Waals surface area contributed by atoms with E-state index in [9.17, 15) is 10.1 Å². The standard InChI is InChI=1S/C26H26N6O/c1-17(2)25-18(13-27)6-5-9-23(25)26(33)30-20-11-10-19-14-29-32(24(19)12-20)22-15-28-31(16-22)21-7-3-4-8-21/h5-6,9-12,14-17,21H,3-4,7-8H2,1-2H3,(H,30,33). The molecule has 0 saturated heterocycles. The Kier molecular flexibility index (Phi) is 5.43. The Morgan fingerprint density at radius 3 is 2.73 bits per heavy atom. The fraction of sp³-hybridized carbons (Fsp3) is 0.308. The average Bonchev–Trinajstić information content (AvgIpc) is 3.58. The summed E-state index contributed by atoms with van der Waals surface area (Å²) >= 11 is 0. The maximum atomic E-state index is 13.1. The van der Waals surface area contributed by atoms with Gasteiger partial charge in [0.15, 0.2) is 0 Å². The fourth-order valence-corrected chi connectivity index (χ4v) is 4.79. The van der Waals surface area contributed by atoms with Crippen molar-refractivity contribution >= 4 is 22.5 Å². The van der Waals surface area contributed by atoms with Crippen molar-refractivity contribution < 1.29 is 4.79 Å². The molecule has 1 N–H and O–H groups in total. The van der Waals surface area contributed by atoms with E-state index in [1.54, 1.807) is 18.2 Å². The Hall–Kier alpha value is -3.92. The normalized spacial score (nSPS) is 14.1. The molecule has 1 fully saturated rings. The number of nitrogens with one attached hydrogen (secondary N) is 1. The molecular formula is C26H26N6O. The number of carbonyl (C=O) groups excluding carboxylic acids is 1. The van der Waals surface area contributed by atoms with Gasteiger partial charge in [-0.15, -0.1) is 0 Å². The highest BCUT2D eigenvalue weighted by Crippen LogP contribution is 2.30. The first-order valence-electron chi connectivity index (χ1n) is 11.4. The molecule has 1 aliphatic carbocycles. The predicted octanol–water partition coefficient (Wildman–Crippen LogP) is 5.58. The zero-order chi connectivity index (χ0) is 22.9. The van der Waals surface area contributed by atoms with Crippen LogP contribution in [0.15, 0.2) is 55.0 Å². The van der Waals surface area contributed by atoms with Crippen LogP contribution in [0.4, 0.5) is 5.69 Å². The second-order valence-corrected chi connectivity index (χ2v) is 8.93. The molecule has 0 radical (unpaired) electrons. The monoisotopic (exact) mass is 438 g/mol. The van der Waals surface area contributed by atoms with Crippen molar-refractivity contribution in [3.8, 4) is 11.8 Å². The Balaban J connectivity index is 1.45. The van der Waals surface area contributed by atoms with Crippen LogP contribution in [0.1, 0.15) is 73.0 Å². The third-order valence-corrected chi connectivity index (χ3v) is 6.41. The van der Waals surface area contributed by atoms with Crippen LogP contribution in [0, 0.1) is 11.3 Å². The van der Waals surface area contributed by atoms with Gasteiger partial charge in [0.25, 0.3) is 5.91 Å². The van der Waals surface area contributed by atoms with E-state index in [-0.39, 0.29) is 11.8 Å². The van der Waals surface area contributed by atoms with Crippen LogP contribution in [0.2, 0.25) is 0 Å². The number of hydrogen-bond donors (Lipinski definition) is 1. The highest BCUT2D eigenvalue weighted by atomic mass is 16.1. The van der Waals surface area contributed by atoms with Gasteiger partial charge in [0, 0.05) is 16.6 Å². The lowest BCUT2D eigenvalue weighted by molar-refractivity contribution is 0.102. The smallest absolute Gasteiger partial charge is 0.255 e. The van der Waals surface area contributed by atoms with Crippen molar-refractivity contribution in [3.05, 3.63) is 71.7 Å². The molecule has 33 heavy (non-hydrogen) atoms. The molecule has 1 amide bonds. The highest BCUT2D eigenvalue weighted by molar-refractivity contribution is 6.06. The van der Waals surface area contributed by atoms with Gasteiger partial charge in [0.1, 0.15) is 5.69 Å². The first-order valence-corrected chi connectivity index (χ1v) is 11.4. The maximum absolute atomic E-state index is 13.1. The Morgan fingerprint density at radius 1 is 1.15 bits per heavy atom. The average molecular weight is 439 g/mol. The molecule has 0 unspecified atom stereocenters. The lowest BCUT2D eigenvalue weighted by Crippen LogP contribution is -2.16. The van der Waals surface area contributed by atoms with Crippen molar-refractivity contribution in [1.29, 1.82) is 5.26 Å². The molecule has 5 rings (SSSR count). The van der Waals surface area contributed by atoms with Crippen LogP contribution in [-0.4, -0.2) is 25.5 Å². The zero-order valence-electron chi connectivity index (χ0n) is 18.8. The number of aromatic nitrogens is 4. The maximum Gasteiger partial charge on any atom is 0.255 e. The molecule has 7 nitrogen and oxygen atoms in total. The summed E-state index contributed by atoms with van der Waals surface area (Å²) in [7, 11) is 0. The minimum absolute atomic E-state index is 0.0573. The van der Waals surface area contributed by atoms with E-state index < -0.39 is 0 Å². The summed E-state index contributed by atoms with van der Waals surface area (Å²) in [5, 5.41) is 22.6. The molecule has 1 aliphatic rings. The minimum atomic E-state index is -0.227. The summed E-state index contributed by atoms with van der Waals surface area (Å²) in [6.45, 7) is 3.98. The number of benzene rings is 2. The first-order chi connectivity index (χ1) is 16.0. The number of amides is 1. The number of carbonyl (C=O) groups is 1. The van der Waals surface area contributed by atoms with Crippen LogP contribution < -0.4 is 5.32 Å². The minimum Gasteiger partial charge on any atom is -0.322 e. The van der Waals surface area contributed by atoms with Gasteiger partial charge < -0.3 is 5.32 Å². The highest BCUT2D eigenvalue weighted by Gasteiger charge is 2.20. The van der Waals surface area contributed by atoms with Crippen LogP contribution in [-0.2, 0) is 0 Å². The third kappa shape index (κ3) is 3.89. The van der Waals surface area contributed by atoms with Gasteiger partial charge in [-0.05, 0) is 54.7 Å². The molecule has 2 aromatic heterocycles. The van der Waals surface area contributed by atoms with E-state index in [1.165, 1.54) is 25.7 Å². The molecule has 0 atom stereocenters. The van der Waals surface area contributed by atoms with Crippen LogP contribution in [0.3, 0.4) is 0 Å². The van der Waals surface area contributed by atoms with Gasteiger partial charge in [-0.3, -0.25) is 9.48 Å². The zero-order valence-corrected chi connectivity index (χ0v) is 18.8. The lowest BCUT2D eigenvalue weighted by Gasteiger charge is -2.14. The Bertz CT molecular complexity index is 1370. The van der Waals surface area contributed by atoms with E-state index in [1.807, 2.05) is 49.1 Å². The molecule has 4 aromatic rings. The molecule has 0 spiro atoms. The van der Waals surface area contributed by atoms with Crippen LogP contribution >= 0.6 is 0 Å². The van der Waals surface area contributed by atoms with E-state index in [0.29, 0.717) is 22.9 Å². The van der Waals surface area contributed by atoms with Gasteiger partial charge in [0.05, 0.1) is 41.8 Å². The van der Waals surface area contributed by atoms with Crippen LogP contribution in [0.5, 0.6) is 0 Å². The number of rotatable bonds is 5. The third-order valence-electron chi connectivity index (χ3n) is 6.41. The number of fused-ring (bicyclic) bond motifs is 1. The number of nitriles is 1. The SMILES string of the molecule is CC(C)c1c(C#N)cccc1C(=O)Nc1ccc2cnn(-c3cnn(C4CCCC4)c3)c2c1. The van der Waals surface area contributed by atoms with E-state index in [4.69, 9.17) is 0 Å². The van der Waals surface area contributed by atoms with Gasteiger partial charge in [0.2, 0.25) is 0 Å². The lowest BCUT2D eigenvalue weighted by atomic mass is 9.92. The summed E-state index contributed by atoms with van der Waals surface area (Å²) in [6.07, 6.45) is 10.6. The fourth-order valence-electron chi connectivity index (χ4n) is 4.79. The number of nitrogens with zero attached hydrogens (tertiary/aromatic N) is 5. The second kappa shape index (κ2) is 8.55. The van der Waals surface area contributed by atoms with Crippen molar-refractivity contribution in [3.63, 3.8) is 0 Å². The van der Waals surface area contributed by atoms with Gasteiger partial charge in [-0.25, -0.2) is 4.68 Å². The first kappa shape index (κ1) is 21.0. The van der Waals surface area contributed by atoms with Crippen molar-refractivity contribution in [2.45, 2.75) is 51.5 Å². The summed E-state index contributed by atoms with van der Waals surface area (Å²) in [5.74, 6) is -0.169. The van der Waals surface area contributed by atoms with Crippen molar-refractivity contribution in [1.82, 2.24) is 19.6 Å². The quantitative estimate of drug-likeness (QED) is 0.440. The van der Waals surface area contributed by atoms with Gasteiger partial charge >= 0.3 is 0 Å². The van der Waals surface area contributed by atoms with E-state index in [0.717, 1.165) is 22.2 Å². The van der Waals surface area contributed by atoms with Gasteiger partial charge in [-0.1, -0.05) is 32.8 Å². The largest absolute Gasteiger partial charge is 0.322 e.